The SMILES string of the molecule is CNC(Cc1ccccn1)Cc1c(C)nn(C)c1Cl. The van der Waals surface area contributed by atoms with Crippen molar-refractivity contribution >= 4 is 11.6 Å². The van der Waals surface area contributed by atoms with Crippen LogP contribution in [0.4, 0.5) is 0 Å². The molecule has 102 valence electrons. The number of hydrogen-bond acceptors (Lipinski definition) is 3. The van der Waals surface area contributed by atoms with E-state index in [0.29, 0.717) is 6.04 Å². The summed E-state index contributed by atoms with van der Waals surface area (Å²) in [5.74, 6) is 0. The number of rotatable bonds is 5. The Bertz CT molecular complexity index is 536. The summed E-state index contributed by atoms with van der Waals surface area (Å²) in [7, 11) is 3.83. The van der Waals surface area contributed by atoms with Crippen molar-refractivity contribution in [1.29, 1.82) is 0 Å². The first kappa shape index (κ1) is 14.0. The predicted molar refractivity (Wildman–Crippen MR) is 77.4 cm³/mol. The van der Waals surface area contributed by atoms with Crippen molar-refractivity contribution in [1.82, 2.24) is 20.1 Å². The van der Waals surface area contributed by atoms with Gasteiger partial charge >= 0.3 is 0 Å². The molecule has 0 aromatic carbocycles. The number of likely N-dealkylation sites (N-methyl/N-ethyl adjacent to an activating group) is 1. The van der Waals surface area contributed by atoms with Crippen LogP contribution in [0.3, 0.4) is 0 Å². The van der Waals surface area contributed by atoms with Gasteiger partial charge in [-0.15, -0.1) is 0 Å². The highest BCUT2D eigenvalue weighted by Crippen LogP contribution is 2.21. The summed E-state index contributed by atoms with van der Waals surface area (Å²) in [5, 5.41) is 8.39. The molecule has 4 nitrogen and oxygen atoms in total. The highest BCUT2D eigenvalue weighted by molar-refractivity contribution is 6.30. The van der Waals surface area contributed by atoms with Gasteiger partial charge in [0.15, 0.2) is 0 Å². The molecule has 0 bridgehead atoms. The van der Waals surface area contributed by atoms with Crippen LogP contribution in [-0.2, 0) is 19.9 Å². The summed E-state index contributed by atoms with van der Waals surface area (Å²) in [5.41, 5.74) is 3.19. The molecule has 0 radical (unpaired) electrons. The molecule has 2 aromatic rings. The van der Waals surface area contributed by atoms with Crippen molar-refractivity contribution in [2.24, 2.45) is 7.05 Å². The number of aromatic nitrogens is 3. The monoisotopic (exact) mass is 278 g/mol. The van der Waals surface area contributed by atoms with Crippen molar-refractivity contribution in [2.75, 3.05) is 7.05 Å². The Balaban J connectivity index is 2.11. The van der Waals surface area contributed by atoms with Gasteiger partial charge in [-0.2, -0.15) is 5.10 Å². The van der Waals surface area contributed by atoms with Crippen LogP contribution in [0.5, 0.6) is 0 Å². The third kappa shape index (κ3) is 3.33. The largest absolute Gasteiger partial charge is 0.316 e. The van der Waals surface area contributed by atoms with E-state index in [4.69, 9.17) is 11.6 Å². The van der Waals surface area contributed by atoms with E-state index >= 15 is 0 Å². The molecule has 0 saturated heterocycles. The summed E-state index contributed by atoms with van der Waals surface area (Å²) >= 11 is 6.28. The lowest BCUT2D eigenvalue weighted by molar-refractivity contribution is 0.549. The van der Waals surface area contributed by atoms with E-state index in [9.17, 15) is 0 Å². The van der Waals surface area contributed by atoms with Crippen molar-refractivity contribution in [2.45, 2.75) is 25.8 Å². The minimum absolute atomic E-state index is 0.301. The number of nitrogens with one attached hydrogen (secondary N) is 1. The molecular formula is C14H19ClN4. The highest BCUT2D eigenvalue weighted by atomic mass is 35.5. The van der Waals surface area contributed by atoms with E-state index in [-0.39, 0.29) is 0 Å². The zero-order valence-corrected chi connectivity index (χ0v) is 12.3. The second-order valence-corrected chi connectivity index (χ2v) is 5.05. The van der Waals surface area contributed by atoms with Gasteiger partial charge < -0.3 is 5.32 Å². The number of aryl methyl sites for hydroxylation is 2. The number of hydrogen-bond donors (Lipinski definition) is 1. The van der Waals surface area contributed by atoms with Gasteiger partial charge in [0.25, 0.3) is 0 Å². The molecule has 0 saturated carbocycles. The average molecular weight is 279 g/mol. The lowest BCUT2D eigenvalue weighted by Gasteiger charge is -2.15. The maximum absolute atomic E-state index is 6.28. The lowest BCUT2D eigenvalue weighted by atomic mass is 10.0. The first-order chi connectivity index (χ1) is 9.11. The molecule has 0 aliphatic heterocycles. The molecule has 19 heavy (non-hydrogen) atoms. The van der Waals surface area contributed by atoms with Crippen LogP contribution in [-0.4, -0.2) is 27.9 Å². The van der Waals surface area contributed by atoms with E-state index in [2.05, 4.69) is 15.4 Å². The number of pyridine rings is 1. The molecule has 1 N–H and O–H groups in total. The van der Waals surface area contributed by atoms with Gasteiger partial charge in [0.1, 0.15) is 5.15 Å². The molecule has 0 spiro atoms. The van der Waals surface area contributed by atoms with Crippen molar-refractivity contribution < 1.29 is 0 Å². The van der Waals surface area contributed by atoms with E-state index in [1.54, 1.807) is 4.68 Å². The molecule has 5 heteroatoms. The first-order valence-electron chi connectivity index (χ1n) is 6.37. The van der Waals surface area contributed by atoms with Gasteiger partial charge in [0, 0.05) is 37.0 Å². The second kappa shape index (κ2) is 6.17. The van der Waals surface area contributed by atoms with Gasteiger partial charge in [-0.3, -0.25) is 9.67 Å². The highest BCUT2D eigenvalue weighted by Gasteiger charge is 2.16. The summed E-state index contributed by atoms with van der Waals surface area (Å²) in [6, 6.07) is 6.29. The minimum Gasteiger partial charge on any atom is -0.316 e. The molecular weight excluding hydrogens is 260 g/mol. The van der Waals surface area contributed by atoms with Gasteiger partial charge in [-0.25, -0.2) is 0 Å². The van der Waals surface area contributed by atoms with E-state index < -0.39 is 0 Å². The Labute approximate surface area is 118 Å². The Hall–Kier alpha value is -1.39. The van der Waals surface area contributed by atoms with Gasteiger partial charge in [-0.05, 0) is 32.5 Å². The minimum atomic E-state index is 0.301. The maximum Gasteiger partial charge on any atom is 0.130 e. The molecule has 0 amide bonds. The third-order valence-electron chi connectivity index (χ3n) is 3.31. The number of halogens is 1. The van der Waals surface area contributed by atoms with Crippen molar-refractivity contribution in [3.63, 3.8) is 0 Å². The van der Waals surface area contributed by atoms with Crippen molar-refractivity contribution in [3.8, 4) is 0 Å². The topological polar surface area (TPSA) is 42.7 Å². The van der Waals surface area contributed by atoms with Gasteiger partial charge in [-0.1, -0.05) is 17.7 Å². The van der Waals surface area contributed by atoms with Crippen LogP contribution in [0, 0.1) is 6.92 Å². The fourth-order valence-electron chi connectivity index (χ4n) is 2.20. The molecule has 2 heterocycles. The van der Waals surface area contributed by atoms with Crippen LogP contribution in [0.25, 0.3) is 0 Å². The standard InChI is InChI=1S/C14H19ClN4/c1-10-13(14(15)19(3)18-10)9-12(16-2)8-11-6-4-5-7-17-11/h4-7,12,16H,8-9H2,1-3H3. The number of nitrogens with zero attached hydrogens (tertiary/aromatic N) is 3. The normalized spacial score (nSPS) is 12.6. The van der Waals surface area contributed by atoms with Crippen LogP contribution in [0.15, 0.2) is 24.4 Å². The molecule has 0 aliphatic carbocycles. The molecule has 2 aromatic heterocycles. The maximum atomic E-state index is 6.28. The van der Waals surface area contributed by atoms with Gasteiger partial charge in [0.05, 0.1) is 5.69 Å². The summed E-state index contributed by atoms with van der Waals surface area (Å²) in [6.07, 6.45) is 3.55. The first-order valence-corrected chi connectivity index (χ1v) is 6.74. The second-order valence-electron chi connectivity index (χ2n) is 4.69. The summed E-state index contributed by atoms with van der Waals surface area (Å²) in [4.78, 5) is 4.36. The Morgan fingerprint density at radius 3 is 2.68 bits per heavy atom. The Kier molecular flexibility index (Phi) is 4.56. The zero-order valence-electron chi connectivity index (χ0n) is 11.5. The van der Waals surface area contributed by atoms with Gasteiger partial charge in [0.2, 0.25) is 0 Å². The third-order valence-corrected chi connectivity index (χ3v) is 3.78. The fourth-order valence-corrected chi connectivity index (χ4v) is 2.45. The smallest absolute Gasteiger partial charge is 0.130 e. The average Bonchev–Trinajstić information content (AvgIpc) is 2.65. The Morgan fingerprint density at radius 2 is 2.16 bits per heavy atom. The predicted octanol–water partition coefficient (Wildman–Crippen LogP) is 2.15. The van der Waals surface area contributed by atoms with Crippen LogP contribution < -0.4 is 5.32 Å². The summed E-state index contributed by atoms with van der Waals surface area (Å²) in [6.45, 7) is 1.99. The van der Waals surface area contributed by atoms with Crippen molar-refractivity contribution in [3.05, 3.63) is 46.5 Å². The summed E-state index contributed by atoms with van der Waals surface area (Å²) < 4.78 is 1.72. The Morgan fingerprint density at radius 1 is 1.37 bits per heavy atom. The molecule has 1 atom stereocenters. The zero-order chi connectivity index (χ0) is 13.8. The van der Waals surface area contributed by atoms with E-state index in [1.807, 2.05) is 45.4 Å². The molecule has 0 aliphatic rings. The van der Waals surface area contributed by atoms with Crippen LogP contribution >= 0.6 is 11.6 Å². The quantitative estimate of drug-likeness (QED) is 0.911. The van der Waals surface area contributed by atoms with Crippen LogP contribution in [0.2, 0.25) is 5.15 Å². The lowest BCUT2D eigenvalue weighted by Crippen LogP contribution is -2.30. The molecule has 1 unspecified atom stereocenters. The molecule has 2 rings (SSSR count). The molecule has 0 fully saturated rings. The fraction of sp³-hybridized carbons (Fsp3) is 0.429. The van der Waals surface area contributed by atoms with E-state index in [0.717, 1.165) is 34.9 Å². The van der Waals surface area contributed by atoms with E-state index in [1.165, 1.54) is 0 Å². The van der Waals surface area contributed by atoms with Crippen LogP contribution in [0.1, 0.15) is 17.0 Å².